The second-order valence-electron chi connectivity index (χ2n) is 3.87. The average Bonchev–Trinajstić information content (AvgIpc) is 2.96. The third-order valence-electron chi connectivity index (χ3n) is 2.47. The molecule has 106 valence electrons. The Morgan fingerprint density at radius 3 is 2.52 bits per heavy atom. The minimum Gasteiger partial charge on any atom is -0.467 e. The zero-order valence-electron chi connectivity index (χ0n) is 11.0. The van der Waals surface area contributed by atoms with Crippen molar-refractivity contribution in [1.29, 1.82) is 0 Å². The Balaban J connectivity index is 1.83. The fraction of sp³-hybridized carbons (Fsp3) is 0.0833. The number of ether oxygens (including phenoxy) is 2. The molecule has 21 heavy (non-hydrogen) atoms. The fourth-order valence-corrected chi connectivity index (χ4v) is 1.57. The Bertz CT molecular complexity index is 744. The molecule has 3 rings (SSSR count). The molecule has 0 saturated heterocycles. The molecule has 0 saturated carbocycles. The summed E-state index contributed by atoms with van der Waals surface area (Å²) in [6, 6.07) is 9.60. The molecule has 2 aromatic heterocycles. The Morgan fingerprint density at radius 2 is 1.76 bits per heavy atom. The van der Waals surface area contributed by atoms with E-state index in [2.05, 4.69) is 25.0 Å². The monoisotopic (exact) mass is 285 g/mol. The number of nitrogens with two attached hydrogens (primary N) is 1. The standard InChI is InChI=1S/C12H11N7O2/c1-20-11-15-9(13)16-12(17-11)21-10-14-7-19(18-10)8-5-3-2-4-6-8/h2-7H,1H3,(H2,13,15,16,17). The first-order valence-electron chi connectivity index (χ1n) is 5.95. The Morgan fingerprint density at radius 1 is 1.00 bits per heavy atom. The van der Waals surface area contributed by atoms with Gasteiger partial charge in [0, 0.05) is 0 Å². The average molecular weight is 285 g/mol. The van der Waals surface area contributed by atoms with Crippen molar-refractivity contribution in [1.82, 2.24) is 29.7 Å². The molecule has 2 heterocycles. The molecule has 0 aliphatic rings. The van der Waals surface area contributed by atoms with Gasteiger partial charge in [-0.2, -0.15) is 15.0 Å². The zero-order valence-corrected chi connectivity index (χ0v) is 11.0. The summed E-state index contributed by atoms with van der Waals surface area (Å²) in [5.41, 5.74) is 6.37. The highest BCUT2D eigenvalue weighted by molar-refractivity contribution is 5.29. The van der Waals surface area contributed by atoms with Gasteiger partial charge in [-0.1, -0.05) is 18.2 Å². The van der Waals surface area contributed by atoms with Crippen LogP contribution in [-0.2, 0) is 0 Å². The van der Waals surface area contributed by atoms with Gasteiger partial charge >= 0.3 is 18.0 Å². The lowest BCUT2D eigenvalue weighted by molar-refractivity contribution is 0.353. The van der Waals surface area contributed by atoms with Crippen LogP contribution in [0.25, 0.3) is 5.69 Å². The highest BCUT2D eigenvalue weighted by Gasteiger charge is 2.10. The van der Waals surface area contributed by atoms with Gasteiger partial charge in [0.1, 0.15) is 6.33 Å². The van der Waals surface area contributed by atoms with Gasteiger partial charge in [-0.3, -0.25) is 0 Å². The van der Waals surface area contributed by atoms with E-state index in [9.17, 15) is 0 Å². The van der Waals surface area contributed by atoms with Crippen LogP contribution in [-0.4, -0.2) is 36.8 Å². The Hall–Kier alpha value is -3.23. The van der Waals surface area contributed by atoms with Crippen molar-refractivity contribution in [2.75, 3.05) is 12.8 Å². The quantitative estimate of drug-likeness (QED) is 0.749. The summed E-state index contributed by atoms with van der Waals surface area (Å²) in [4.78, 5) is 15.5. The summed E-state index contributed by atoms with van der Waals surface area (Å²) in [5, 5.41) is 4.16. The normalized spacial score (nSPS) is 10.3. The molecular formula is C12H11N7O2. The third-order valence-corrected chi connectivity index (χ3v) is 2.47. The van der Waals surface area contributed by atoms with Crippen molar-refractivity contribution in [3.05, 3.63) is 36.7 Å². The van der Waals surface area contributed by atoms with E-state index >= 15 is 0 Å². The molecule has 0 spiro atoms. The Kier molecular flexibility index (Phi) is 3.29. The number of aromatic nitrogens is 6. The fourth-order valence-electron chi connectivity index (χ4n) is 1.57. The predicted octanol–water partition coefficient (Wildman–Crippen LogP) is 0.835. The van der Waals surface area contributed by atoms with E-state index in [0.29, 0.717) is 0 Å². The van der Waals surface area contributed by atoms with Crippen molar-refractivity contribution < 1.29 is 9.47 Å². The predicted molar refractivity (Wildman–Crippen MR) is 72.2 cm³/mol. The SMILES string of the molecule is COc1nc(N)nc(Oc2ncn(-c3ccccc3)n2)n1. The number of nitrogen functional groups attached to an aromatic ring is 1. The van der Waals surface area contributed by atoms with Crippen LogP contribution in [0.5, 0.6) is 18.0 Å². The van der Waals surface area contributed by atoms with E-state index in [1.807, 2.05) is 30.3 Å². The van der Waals surface area contributed by atoms with E-state index in [1.54, 1.807) is 4.68 Å². The molecule has 3 aromatic rings. The maximum absolute atomic E-state index is 5.52. The van der Waals surface area contributed by atoms with E-state index in [1.165, 1.54) is 13.4 Å². The van der Waals surface area contributed by atoms with Crippen molar-refractivity contribution in [3.8, 4) is 23.7 Å². The summed E-state index contributed by atoms with van der Waals surface area (Å²) in [6.45, 7) is 0. The molecule has 0 fully saturated rings. The molecule has 0 unspecified atom stereocenters. The number of benzene rings is 1. The molecule has 0 bridgehead atoms. The third kappa shape index (κ3) is 2.86. The molecule has 0 atom stereocenters. The maximum Gasteiger partial charge on any atom is 0.343 e. The minimum atomic E-state index is -0.0369. The highest BCUT2D eigenvalue weighted by Crippen LogP contribution is 2.16. The summed E-state index contributed by atoms with van der Waals surface area (Å²) in [6.07, 6.45) is 1.52. The van der Waals surface area contributed by atoms with Crippen LogP contribution in [0.2, 0.25) is 0 Å². The second kappa shape index (κ2) is 5.41. The number of rotatable bonds is 4. The molecule has 0 radical (unpaired) electrons. The van der Waals surface area contributed by atoms with Crippen molar-refractivity contribution in [2.24, 2.45) is 0 Å². The first kappa shape index (κ1) is 12.8. The lowest BCUT2D eigenvalue weighted by atomic mass is 10.3. The van der Waals surface area contributed by atoms with Crippen LogP contribution in [0.4, 0.5) is 5.95 Å². The van der Waals surface area contributed by atoms with Crippen LogP contribution in [0.3, 0.4) is 0 Å². The number of para-hydroxylation sites is 1. The first-order valence-corrected chi connectivity index (χ1v) is 5.95. The number of methoxy groups -OCH3 is 1. The van der Waals surface area contributed by atoms with Gasteiger partial charge < -0.3 is 15.2 Å². The smallest absolute Gasteiger partial charge is 0.343 e. The molecule has 0 amide bonds. The van der Waals surface area contributed by atoms with E-state index in [-0.39, 0.29) is 24.0 Å². The molecule has 9 heteroatoms. The zero-order chi connectivity index (χ0) is 14.7. The number of hydrogen-bond acceptors (Lipinski definition) is 8. The van der Waals surface area contributed by atoms with Gasteiger partial charge in [-0.05, 0) is 12.1 Å². The van der Waals surface area contributed by atoms with Gasteiger partial charge in [-0.15, -0.1) is 10.1 Å². The van der Waals surface area contributed by atoms with E-state index in [4.69, 9.17) is 15.2 Å². The first-order chi connectivity index (χ1) is 10.2. The maximum atomic E-state index is 5.52. The van der Waals surface area contributed by atoms with Crippen molar-refractivity contribution in [2.45, 2.75) is 0 Å². The lowest BCUT2D eigenvalue weighted by Gasteiger charge is -2.02. The van der Waals surface area contributed by atoms with E-state index in [0.717, 1.165) is 5.69 Å². The largest absolute Gasteiger partial charge is 0.467 e. The molecule has 2 N–H and O–H groups in total. The number of anilines is 1. The summed E-state index contributed by atoms with van der Waals surface area (Å²) < 4.78 is 11.8. The molecule has 0 aliphatic carbocycles. The molecule has 9 nitrogen and oxygen atoms in total. The summed E-state index contributed by atoms with van der Waals surface area (Å²) >= 11 is 0. The van der Waals surface area contributed by atoms with Crippen LogP contribution in [0, 0.1) is 0 Å². The van der Waals surface area contributed by atoms with Gasteiger partial charge in [0.2, 0.25) is 5.95 Å². The summed E-state index contributed by atoms with van der Waals surface area (Å²) in [7, 11) is 1.42. The Labute approximate surface area is 119 Å². The van der Waals surface area contributed by atoms with Crippen LogP contribution in [0.15, 0.2) is 36.7 Å². The number of nitrogens with zero attached hydrogens (tertiary/aromatic N) is 6. The van der Waals surface area contributed by atoms with Gasteiger partial charge in [0.05, 0.1) is 12.8 Å². The van der Waals surface area contributed by atoms with Crippen LogP contribution < -0.4 is 15.2 Å². The second-order valence-corrected chi connectivity index (χ2v) is 3.87. The van der Waals surface area contributed by atoms with Crippen molar-refractivity contribution in [3.63, 3.8) is 0 Å². The molecule has 1 aromatic carbocycles. The lowest BCUT2D eigenvalue weighted by Crippen LogP contribution is -2.03. The highest BCUT2D eigenvalue weighted by atomic mass is 16.5. The molecule has 0 aliphatic heterocycles. The number of hydrogen-bond donors (Lipinski definition) is 1. The van der Waals surface area contributed by atoms with Crippen molar-refractivity contribution >= 4 is 5.95 Å². The van der Waals surface area contributed by atoms with Gasteiger partial charge in [0.15, 0.2) is 0 Å². The molecular weight excluding hydrogens is 274 g/mol. The van der Waals surface area contributed by atoms with Crippen LogP contribution >= 0.6 is 0 Å². The summed E-state index contributed by atoms with van der Waals surface area (Å²) in [5.74, 6) is -0.0145. The minimum absolute atomic E-state index is 0.0145. The van der Waals surface area contributed by atoms with Gasteiger partial charge in [0.25, 0.3) is 0 Å². The van der Waals surface area contributed by atoms with Crippen LogP contribution in [0.1, 0.15) is 0 Å². The van der Waals surface area contributed by atoms with Gasteiger partial charge in [-0.25, -0.2) is 4.68 Å². The van der Waals surface area contributed by atoms with E-state index < -0.39 is 0 Å². The topological polar surface area (TPSA) is 114 Å².